The van der Waals surface area contributed by atoms with Gasteiger partial charge in [-0.1, -0.05) is 51.1 Å². The SMILES string of the molecule is CCCN(CC(=O)N(Cc1ccccc1)Cc1sccc1C)S(=O)(=O)CC12CCC(CC1=O)C2(C)C. The molecule has 1 aromatic heterocycles. The van der Waals surface area contributed by atoms with Crippen molar-refractivity contribution in [1.82, 2.24) is 9.21 Å². The summed E-state index contributed by atoms with van der Waals surface area (Å²) in [5.41, 5.74) is 0.943. The molecule has 2 aromatic rings. The van der Waals surface area contributed by atoms with E-state index in [-0.39, 0.29) is 41.9 Å². The Morgan fingerprint density at radius 2 is 1.86 bits per heavy atom. The van der Waals surface area contributed by atoms with Crippen LogP contribution < -0.4 is 0 Å². The summed E-state index contributed by atoms with van der Waals surface area (Å²) in [5.74, 6) is -0.0912. The number of rotatable bonds is 11. The molecule has 2 aliphatic carbocycles. The van der Waals surface area contributed by atoms with Gasteiger partial charge in [-0.05, 0) is 60.1 Å². The Bertz CT molecular complexity index is 1210. The van der Waals surface area contributed by atoms with Gasteiger partial charge in [0.25, 0.3) is 0 Å². The Hall–Kier alpha value is -2.03. The summed E-state index contributed by atoms with van der Waals surface area (Å²) < 4.78 is 28.9. The fraction of sp³-hybridized carbons (Fsp3) is 0.571. The minimum absolute atomic E-state index is 0.0778. The van der Waals surface area contributed by atoms with Gasteiger partial charge < -0.3 is 4.90 Å². The zero-order chi connectivity index (χ0) is 26.1. The van der Waals surface area contributed by atoms with Crippen molar-refractivity contribution >= 4 is 33.1 Å². The van der Waals surface area contributed by atoms with Crippen molar-refractivity contribution in [2.75, 3.05) is 18.8 Å². The third kappa shape index (κ3) is 5.04. The first-order valence-corrected chi connectivity index (χ1v) is 15.3. The van der Waals surface area contributed by atoms with Crippen molar-refractivity contribution < 1.29 is 18.0 Å². The highest BCUT2D eigenvalue weighted by molar-refractivity contribution is 7.89. The Kier molecular flexibility index (Phi) is 7.79. The van der Waals surface area contributed by atoms with E-state index < -0.39 is 15.4 Å². The number of carbonyl (C=O) groups excluding carboxylic acids is 2. The normalized spacial score (nSPS) is 22.9. The number of thiophene rings is 1. The summed E-state index contributed by atoms with van der Waals surface area (Å²) in [4.78, 5) is 29.5. The molecule has 2 atom stereocenters. The Morgan fingerprint density at radius 3 is 2.42 bits per heavy atom. The topological polar surface area (TPSA) is 74.8 Å². The maximum absolute atomic E-state index is 13.8. The predicted molar refractivity (Wildman–Crippen MR) is 144 cm³/mol. The van der Waals surface area contributed by atoms with Gasteiger partial charge in [0.2, 0.25) is 15.9 Å². The van der Waals surface area contributed by atoms with Gasteiger partial charge in [0.15, 0.2) is 0 Å². The Labute approximate surface area is 219 Å². The molecule has 0 spiro atoms. The fourth-order valence-corrected chi connectivity index (χ4v) is 9.27. The van der Waals surface area contributed by atoms with Crippen molar-refractivity contribution in [3.63, 3.8) is 0 Å². The number of sulfonamides is 1. The number of hydrogen-bond acceptors (Lipinski definition) is 5. The lowest BCUT2D eigenvalue weighted by atomic mass is 9.70. The molecule has 0 N–H and O–H groups in total. The van der Waals surface area contributed by atoms with Crippen LogP contribution >= 0.6 is 11.3 Å². The number of amides is 1. The van der Waals surface area contributed by atoms with Gasteiger partial charge in [0.05, 0.1) is 18.8 Å². The van der Waals surface area contributed by atoms with Crippen LogP contribution in [0.2, 0.25) is 0 Å². The van der Waals surface area contributed by atoms with Crippen LogP contribution in [-0.4, -0.2) is 48.2 Å². The average Bonchev–Trinajstić information content (AvgIpc) is 3.39. The van der Waals surface area contributed by atoms with E-state index in [1.807, 2.05) is 69.5 Å². The van der Waals surface area contributed by atoms with Gasteiger partial charge in [-0.3, -0.25) is 9.59 Å². The van der Waals surface area contributed by atoms with Gasteiger partial charge >= 0.3 is 0 Å². The van der Waals surface area contributed by atoms with Gasteiger partial charge in [0.1, 0.15) is 5.78 Å². The van der Waals surface area contributed by atoms with E-state index in [1.54, 1.807) is 16.2 Å². The number of aryl methyl sites for hydroxylation is 1. The Balaban J connectivity index is 1.57. The minimum Gasteiger partial charge on any atom is -0.332 e. The molecule has 2 bridgehead atoms. The highest BCUT2D eigenvalue weighted by Gasteiger charge is 2.65. The van der Waals surface area contributed by atoms with E-state index in [1.165, 1.54) is 4.31 Å². The number of benzene rings is 1. The first kappa shape index (κ1) is 27.0. The smallest absolute Gasteiger partial charge is 0.238 e. The second-order valence-corrected chi connectivity index (χ2v) is 14.0. The van der Waals surface area contributed by atoms with Gasteiger partial charge in [0, 0.05) is 29.8 Å². The minimum atomic E-state index is -3.82. The highest BCUT2D eigenvalue weighted by atomic mass is 32.2. The lowest BCUT2D eigenvalue weighted by Crippen LogP contribution is -2.49. The number of carbonyl (C=O) groups is 2. The van der Waals surface area contributed by atoms with Crippen molar-refractivity contribution in [3.05, 3.63) is 57.8 Å². The molecule has 1 heterocycles. The van der Waals surface area contributed by atoms with E-state index in [4.69, 9.17) is 0 Å². The second kappa shape index (κ2) is 10.4. The first-order chi connectivity index (χ1) is 17.0. The lowest BCUT2D eigenvalue weighted by molar-refractivity contribution is -0.132. The number of fused-ring (bicyclic) bond motifs is 2. The summed E-state index contributed by atoms with van der Waals surface area (Å²) in [7, 11) is -3.82. The molecule has 8 heteroatoms. The maximum Gasteiger partial charge on any atom is 0.238 e. The molecule has 2 saturated carbocycles. The zero-order valence-corrected chi connectivity index (χ0v) is 23.5. The molecule has 0 saturated heterocycles. The van der Waals surface area contributed by atoms with Crippen LogP contribution in [-0.2, 0) is 32.7 Å². The number of hydrogen-bond donors (Lipinski definition) is 0. The van der Waals surface area contributed by atoms with E-state index >= 15 is 0 Å². The summed E-state index contributed by atoms with van der Waals surface area (Å²) >= 11 is 1.61. The van der Waals surface area contributed by atoms with E-state index in [0.29, 0.717) is 32.4 Å². The molecule has 196 valence electrons. The second-order valence-electron chi connectivity index (χ2n) is 11.0. The van der Waals surface area contributed by atoms with Gasteiger partial charge in [-0.25, -0.2) is 8.42 Å². The highest BCUT2D eigenvalue weighted by Crippen LogP contribution is 2.64. The first-order valence-electron chi connectivity index (χ1n) is 12.9. The summed E-state index contributed by atoms with van der Waals surface area (Å²) in [5, 5.41) is 2.01. The van der Waals surface area contributed by atoms with Crippen molar-refractivity contribution in [2.45, 2.75) is 66.5 Å². The lowest BCUT2D eigenvalue weighted by Gasteiger charge is -2.37. The van der Waals surface area contributed by atoms with E-state index in [9.17, 15) is 18.0 Å². The number of nitrogens with zero attached hydrogens (tertiary/aromatic N) is 2. The average molecular weight is 531 g/mol. The third-order valence-electron chi connectivity index (χ3n) is 8.62. The molecule has 2 fully saturated rings. The molecule has 2 unspecified atom stereocenters. The Morgan fingerprint density at radius 1 is 1.14 bits per heavy atom. The fourth-order valence-electron chi connectivity index (χ4n) is 6.10. The van der Waals surface area contributed by atoms with Crippen molar-refractivity contribution in [2.24, 2.45) is 16.7 Å². The quantitative estimate of drug-likeness (QED) is 0.409. The van der Waals surface area contributed by atoms with Crippen LogP contribution in [0, 0.1) is 23.7 Å². The van der Waals surface area contributed by atoms with Crippen LogP contribution in [0.15, 0.2) is 41.8 Å². The summed E-state index contributed by atoms with van der Waals surface area (Å²) in [6, 6.07) is 11.8. The largest absolute Gasteiger partial charge is 0.332 e. The van der Waals surface area contributed by atoms with Crippen LogP contribution in [0.3, 0.4) is 0 Å². The molecule has 6 nitrogen and oxygen atoms in total. The molecule has 1 aromatic carbocycles. The van der Waals surface area contributed by atoms with E-state index in [0.717, 1.165) is 22.4 Å². The summed E-state index contributed by atoms with van der Waals surface area (Å²) in [6.07, 6.45) is 2.59. The zero-order valence-electron chi connectivity index (χ0n) is 21.8. The number of ketones is 1. The summed E-state index contributed by atoms with van der Waals surface area (Å²) in [6.45, 7) is 8.94. The number of Topliss-reactive ketones (excluding diaryl/α,β-unsaturated/α-hetero) is 1. The van der Waals surface area contributed by atoms with Gasteiger partial charge in [-0.15, -0.1) is 11.3 Å². The molecule has 2 aliphatic rings. The monoisotopic (exact) mass is 530 g/mol. The molecular weight excluding hydrogens is 492 g/mol. The van der Waals surface area contributed by atoms with Crippen LogP contribution in [0.5, 0.6) is 0 Å². The van der Waals surface area contributed by atoms with Gasteiger partial charge in [-0.2, -0.15) is 4.31 Å². The molecule has 4 rings (SSSR count). The molecule has 36 heavy (non-hydrogen) atoms. The van der Waals surface area contributed by atoms with Crippen molar-refractivity contribution in [3.8, 4) is 0 Å². The molecule has 0 radical (unpaired) electrons. The predicted octanol–water partition coefficient (Wildman–Crippen LogP) is 5.02. The molecule has 0 aliphatic heterocycles. The van der Waals surface area contributed by atoms with Crippen LogP contribution in [0.1, 0.15) is 62.5 Å². The molecule has 1 amide bonds. The van der Waals surface area contributed by atoms with Crippen LogP contribution in [0.4, 0.5) is 0 Å². The maximum atomic E-state index is 13.8. The van der Waals surface area contributed by atoms with Crippen LogP contribution in [0.25, 0.3) is 0 Å². The molecular formula is C28H38N2O4S2. The van der Waals surface area contributed by atoms with E-state index in [2.05, 4.69) is 0 Å². The third-order valence-corrected chi connectivity index (χ3v) is 11.6. The van der Waals surface area contributed by atoms with Crippen molar-refractivity contribution in [1.29, 1.82) is 0 Å². The standard InChI is InChI=1S/C28H38N2O4S2/c1-5-14-30(36(33,34)20-28-13-11-23(16-25(28)31)27(28,3)4)19-26(32)29(17-22-9-7-6-8-10-22)18-24-21(2)12-15-35-24/h6-10,12,15,23H,5,11,13-14,16-20H2,1-4H3.